The number of ether oxygens (including phenoxy) is 1. The minimum absolute atomic E-state index is 0.00383. The minimum Gasteiger partial charge on any atom is -0.423 e. The van der Waals surface area contributed by atoms with E-state index in [1.807, 2.05) is 0 Å². The summed E-state index contributed by atoms with van der Waals surface area (Å²) in [5.74, 6) is -1.36. The lowest BCUT2D eigenvalue weighted by Gasteiger charge is -2.14. The summed E-state index contributed by atoms with van der Waals surface area (Å²) < 4.78 is 5.12. The number of para-hydroxylation sites is 1. The Morgan fingerprint density at radius 2 is 1.78 bits per heavy atom. The van der Waals surface area contributed by atoms with Crippen LogP contribution in [0.1, 0.15) is 12.5 Å². The number of carbonyl (C=O) groups excluding carboxylic acids is 2. The highest BCUT2D eigenvalue weighted by Gasteiger charge is 2.22. The van der Waals surface area contributed by atoms with Crippen molar-refractivity contribution >= 4 is 52.4 Å². The number of benzene rings is 2. The Hall–Kier alpha value is -2.35. The van der Waals surface area contributed by atoms with Crippen molar-refractivity contribution in [3.63, 3.8) is 0 Å². The molecule has 0 fully saturated rings. The molecule has 27 heavy (non-hydrogen) atoms. The first kappa shape index (κ1) is 21.0. The van der Waals surface area contributed by atoms with Crippen molar-refractivity contribution in [1.29, 1.82) is 0 Å². The fraction of sp³-hybridized carbons (Fsp3) is 0.176. The predicted molar refractivity (Wildman–Crippen MR) is 102 cm³/mol. The van der Waals surface area contributed by atoms with Crippen LogP contribution in [0, 0.1) is 10.1 Å². The van der Waals surface area contributed by atoms with Gasteiger partial charge in [0.15, 0.2) is 5.75 Å². The SMILES string of the molecule is C[C@H](NC(=O)Cc1ccccc1[N+](=O)[O-])C(=O)Oc1cc(Cl)c(Cl)cc1Cl. The number of rotatable bonds is 6. The van der Waals surface area contributed by atoms with Gasteiger partial charge in [-0.1, -0.05) is 53.0 Å². The van der Waals surface area contributed by atoms with Crippen LogP contribution >= 0.6 is 34.8 Å². The van der Waals surface area contributed by atoms with Crippen molar-refractivity contribution in [2.24, 2.45) is 0 Å². The van der Waals surface area contributed by atoms with Gasteiger partial charge in [-0.15, -0.1) is 0 Å². The molecule has 7 nitrogen and oxygen atoms in total. The van der Waals surface area contributed by atoms with E-state index in [1.54, 1.807) is 6.07 Å². The average molecular weight is 432 g/mol. The second-order valence-electron chi connectivity index (χ2n) is 5.47. The Kier molecular flexibility index (Phi) is 7.01. The summed E-state index contributed by atoms with van der Waals surface area (Å²) in [6.45, 7) is 1.41. The number of nitro benzene ring substituents is 1. The molecule has 0 spiro atoms. The summed E-state index contributed by atoms with van der Waals surface area (Å²) in [6, 6.07) is 7.44. The van der Waals surface area contributed by atoms with Crippen molar-refractivity contribution in [2.45, 2.75) is 19.4 Å². The van der Waals surface area contributed by atoms with Crippen LogP contribution in [0.15, 0.2) is 36.4 Å². The van der Waals surface area contributed by atoms with Crippen molar-refractivity contribution in [3.05, 3.63) is 67.1 Å². The predicted octanol–water partition coefficient (Wildman–Crippen LogP) is 4.21. The molecule has 0 aromatic heterocycles. The highest BCUT2D eigenvalue weighted by atomic mass is 35.5. The summed E-state index contributed by atoms with van der Waals surface area (Å²) in [7, 11) is 0. The number of nitrogens with zero attached hydrogens (tertiary/aromatic N) is 1. The monoisotopic (exact) mass is 430 g/mol. The van der Waals surface area contributed by atoms with Gasteiger partial charge in [-0.05, 0) is 13.0 Å². The molecule has 2 rings (SSSR count). The first-order valence-corrected chi connectivity index (χ1v) is 8.70. The van der Waals surface area contributed by atoms with Crippen LogP contribution in [0.5, 0.6) is 5.75 Å². The Bertz CT molecular complexity index is 904. The first-order valence-electron chi connectivity index (χ1n) is 7.57. The van der Waals surface area contributed by atoms with Crippen LogP contribution in [0.25, 0.3) is 0 Å². The topological polar surface area (TPSA) is 98.5 Å². The Morgan fingerprint density at radius 3 is 2.44 bits per heavy atom. The van der Waals surface area contributed by atoms with Crippen LogP contribution in [0.3, 0.4) is 0 Å². The molecule has 1 amide bonds. The van der Waals surface area contributed by atoms with Crippen LogP contribution in [-0.4, -0.2) is 22.8 Å². The molecule has 0 aliphatic heterocycles. The van der Waals surface area contributed by atoms with Crippen LogP contribution in [-0.2, 0) is 16.0 Å². The lowest BCUT2D eigenvalue weighted by Crippen LogP contribution is -2.41. The quantitative estimate of drug-likeness (QED) is 0.243. The van der Waals surface area contributed by atoms with E-state index < -0.39 is 22.8 Å². The van der Waals surface area contributed by atoms with Crippen LogP contribution in [0.4, 0.5) is 5.69 Å². The smallest absolute Gasteiger partial charge is 0.333 e. The molecule has 0 radical (unpaired) electrons. The molecule has 0 aliphatic carbocycles. The third kappa shape index (κ3) is 5.56. The van der Waals surface area contributed by atoms with E-state index in [4.69, 9.17) is 39.5 Å². The van der Waals surface area contributed by atoms with Crippen molar-refractivity contribution in [2.75, 3.05) is 0 Å². The molecule has 2 aromatic carbocycles. The van der Waals surface area contributed by atoms with Gasteiger partial charge < -0.3 is 10.1 Å². The van der Waals surface area contributed by atoms with Gasteiger partial charge in [-0.25, -0.2) is 4.79 Å². The average Bonchev–Trinajstić information content (AvgIpc) is 2.59. The molecule has 0 unspecified atom stereocenters. The summed E-state index contributed by atoms with van der Waals surface area (Å²) >= 11 is 17.6. The number of amides is 1. The fourth-order valence-electron chi connectivity index (χ4n) is 2.14. The molecular weight excluding hydrogens is 419 g/mol. The zero-order valence-electron chi connectivity index (χ0n) is 13.9. The molecule has 142 valence electrons. The summed E-state index contributed by atoms with van der Waals surface area (Å²) in [5, 5.41) is 13.8. The summed E-state index contributed by atoms with van der Waals surface area (Å²) in [6.07, 6.45) is -0.262. The lowest BCUT2D eigenvalue weighted by atomic mass is 10.1. The van der Waals surface area contributed by atoms with Crippen molar-refractivity contribution in [3.8, 4) is 5.75 Å². The Morgan fingerprint density at radius 1 is 1.15 bits per heavy atom. The maximum atomic E-state index is 12.1. The lowest BCUT2D eigenvalue weighted by molar-refractivity contribution is -0.385. The molecule has 10 heteroatoms. The molecule has 0 aliphatic rings. The van der Waals surface area contributed by atoms with Crippen molar-refractivity contribution in [1.82, 2.24) is 5.32 Å². The number of esters is 1. The zero-order chi connectivity index (χ0) is 20.1. The molecule has 1 atom stereocenters. The molecule has 1 N–H and O–H groups in total. The Balaban J connectivity index is 2.01. The Labute approximate surface area is 169 Å². The fourth-order valence-corrected chi connectivity index (χ4v) is 2.72. The molecule has 0 saturated heterocycles. The number of hydrogen-bond donors (Lipinski definition) is 1. The largest absolute Gasteiger partial charge is 0.423 e. The first-order chi connectivity index (χ1) is 12.7. The van der Waals surface area contributed by atoms with Gasteiger partial charge >= 0.3 is 5.97 Å². The minimum atomic E-state index is -1.02. The zero-order valence-corrected chi connectivity index (χ0v) is 16.1. The molecule has 0 saturated carbocycles. The standard InChI is InChI=1S/C17H13Cl3N2O5/c1-9(17(24)27-15-8-12(19)11(18)7-13(15)20)21-16(23)6-10-4-2-3-5-14(10)22(25)26/h2-5,7-9H,6H2,1H3,(H,21,23)/t9-/m0/s1. The van der Waals surface area contributed by atoms with E-state index in [-0.39, 0.29) is 38.5 Å². The van der Waals surface area contributed by atoms with Gasteiger partial charge in [-0.3, -0.25) is 14.9 Å². The van der Waals surface area contributed by atoms with Gasteiger partial charge in [-0.2, -0.15) is 0 Å². The molecule has 0 bridgehead atoms. The molecule has 2 aromatic rings. The van der Waals surface area contributed by atoms with Crippen LogP contribution < -0.4 is 10.1 Å². The summed E-state index contributed by atoms with van der Waals surface area (Å²) in [4.78, 5) is 34.7. The number of nitrogens with one attached hydrogen (secondary N) is 1. The third-order valence-electron chi connectivity index (χ3n) is 3.46. The number of carbonyl (C=O) groups is 2. The van der Waals surface area contributed by atoms with E-state index in [2.05, 4.69) is 5.32 Å². The van der Waals surface area contributed by atoms with Crippen LogP contribution in [0.2, 0.25) is 15.1 Å². The molecular formula is C17H13Cl3N2O5. The van der Waals surface area contributed by atoms with Gasteiger partial charge in [0, 0.05) is 17.7 Å². The van der Waals surface area contributed by atoms with Gasteiger partial charge in [0.2, 0.25) is 5.91 Å². The maximum absolute atomic E-state index is 12.1. The molecule has 0 heterocycles. The number of hydrogen-bond acceptors (Lipinski definition) is 5. The summed E-state index contributed by atoms with van der Waals surface area (Å²) in [5.41, 5.74) is 0.0542. The van der Waals surface area contributed by atoms with E-state index in [9.17, 15) is 19.7 Å². The van der Waals surface area contributed by atoms with Gasteiger partial charge in [0.25, 0.3) is 5.69 Å². The maximum Gasteiger partial charge on any atom is 0.333 e. The highest BCUT2D eigenvalue weighted by molar-refractivity contribution is 6.43. The second-order valence-corrected chi connectivity index (χ2v) is 6.69. The van der Waals surface area contributed by atoms with Crippen molar-refractivity contribution < 1.29 is 19.2 Å². The normalized spacial score (nSPS) is 11.6. The van der Waals surface area contributed by atoms with Gasteiger partial charge in [0.1, 0.15) is 6.04 Å². The van der Waals surface area contributed by atoms with E-state index in [0.717, 1.165) is 0 Å². The number of nitro groups is 1. The van der Waals surface area contributed by atoms with Gasteiger partial charge in [0.05, 0.1) is 26.4 Å². The third-order valence-corrected chi connectivity index (χ3v) is 4.47. The second kappa shape index (κ2) is 9.03. The highest BCUT2D eigenvalue weighted by Crippen LogP contribution is 2.34. The number of halogens is 3. The van der Waals surface area contributed by atoms with E-state index in [1.165, 1.54) is 37.3 Å². The van der Waals surface area contributed by atoms with E-state index >= 15 is 0 Å². The van der Waals surface area contributed by atoms with E-state index in [0.29, 0.717) is 0 Å².